The molecular formula is C17H22N2O2. The molecule has 1 unspecified atom stereocenters. The molecule has 0 radical (unpaired) electrons. The average Bonchev–Trinajstić information content (AvgIpc) is 2.75. The van der Waals surface area contributed by atoms with Crippen LogP contribution in [0.15, 0.2) is 12.1 Å². The number of rotatable bonds is 3. The number of nitrogens with one attached hydrogen (secondary N) is 1. The van der Waals surface area contributed by atoms with Crippen LogP contribution in [0.25, 0.3) is 0 Å². The molecule has 4 nitrogen and oxygen atoms in total. The number of hydrogen-bond acceptors (Lipinski definition) is 3. The van der Waals surface area contributed by atoms with Crippen molar-refractivity contribution in [2.75, 3.05) is 13.1 Å². The van der Waals surface area contributed by atoms with Gasteiger partial charge < -0.3 is 5.32 Å². The molecule has 0 aliphatic carbocycles. The van der Waals surface area contributed by atoms with Crippen LogP contribution >= 0.6 is 0 Å². The number of aryl methyl sites for hydroxylation is 2. The Bertz CT molecular complexity index is 548. The lowest BCUT2D eigenvalue weighted by atomic mass is 9.99. The van der Waals surface area contributed by atoms with Gasteiger partial charge in [0.25, 0.3) is 11.8 Å². The van der Waals surface area contributed by atoms with Crippen LogP contribution in [0.5, 0.6) is 0 Å². The van der Waals surface area contributed by atoms with Crippen molar-refractivity contribution in [3.63, 3.8) is 0 Å². The Balaban J connectivity index is 1.77. The van der Waals surface area contributed by atoms with Gasteiger partial charge in [0.15, 0.2) is 0 Å². The van der Waals surface area contributed by atoms with E-state index < -0.39 is 0 Å². The minimum Gasteiger partial charge on any atom is -0.314 e. The molecule has 1 aromatic rings. The number of hydrogen-bond donors (Lipinski definition) is 1. The van der Waals surface area contributed by atoms with Crippen LogP contribution in [0.2, 0.25) is 0 Å². The Morgan fingerprint density at radius 3 is 2.24 bits per heavy atom. The van der Waals surface area contributed by atoms with Gasteiger partial charge in [-0.25, -0.2) is 0 Å². The molecule has 2 amide bonds. The summed E-state index contributed by atoms with van der Waals surface area (Å²) in [6.07, 6.45) is 4.45. The molecule has 2 aliphatic rings. The van der Waals surface area contributed by atoms with Crippen LogP contribution in [0, 0.1) is 13.8 Å². The minimum atomic E-state index is -0.119. The van der Waals surface area contributed by atoms with Crippen molar-refractivity contribution in [1.29, 1.82) is 0 Å². The van der Waals surface area contributed by atoms with Crippen LogP contribution in [-0.2, 0) is 0 Å². The lowest BCUT2D eigenvalue weighted by Gasteiger charge is -2.25. The molecule has 21 heavy (non-hydrogen) atoms. The van der Waals surface area contributed by atoms with Gasteiger partial charge in [-0.2, -0.15) is 0 Å². The molecular weight excluding hydrogens is 264 g/mol. The summed E-state index contributed by atoms with van der Waals surface area (Å²) in [4.78, 5) is 26.5. The number of benzene rings is 1. The third-order valence-corrected chi connectivity index (χ3v) is 4.65. The number of amides is 2. The van der Waals surface area contributed by atoms with E-state index in [0.29, 0.717) is 23.7 Å². The Morgan fingerprint density at radius 1 is 1.10 bits per heavy atom. The maximum absolute atomic E-state index is 12.5. The van der Waals surface area contributed by atoms with Gasteiger partial charge in [0.2, 0.25) is 0 Å². The van der Waals surface area contributed by atoms with Crippen molar-refractivity contribution in [3.8, 4) is 0 Å². The number of fused-ring (bicyclic) bond motifs is 1. The summed E-state index contributed by atoms with van der Waals surface area (Å²) >= 11 is 0. The smallest absolute Gasteiger partial charge is 0.261 e. The third kappa shape index (κ3) is 2.48. The van der Waals surface area contributed by atoms with Gasteiger partial charge in [0.05, 0.1) is 11.1 Å². The predicted octanol–water partition coefficient (Wildman–Crippen LogP) is 2.43. The molecule has 0 saturated carbocycles. The summed E-state index contributed by atoms with van der Waals surface area (Å²) in [6, 6.07) is 4.28. The quantitative estimate of drug-likeness (QED) is 0.868. The van der Waals surface area contributed by atoms with E-state index in [0.717, 1.165) is 30.5 Å². The van der Waals surface area contributed by atoms with Gasteiger partial charge in [-0.05, 0) is 50.8 Å². The lowest BCUT2D eigenvalue weighted by Crippen LogP contribution is -2.39. The molecule has 1 atom stereocenters. The van der Waals surface area contributed by atoms with E-state index in [4.69, 9.17) is 0 Å². The molecule has 1 fully saturated rings. The first-order chi connectivity index (χ1) is 10.1. The van der Waals surface area contributed by atoms with E-state index in [1.165, 1.54) is 17.7 Å². The van der Waals surface area contributed by atoms with Crippen molar-refractivity contribution in [3.05, 3.63) is 34.4 Å². The molecule has 3 rings (SSSR count). The van der Waals surface area contributed by atoms with Crippen LogP contribution in [-0.4, -0.2) is 35.8 Å². The standard InChI is InChI=1S/C17H22N2O2/c1-11-6-7-12(2)15-14(11)16(20)19(17(15)21)10-8-13-5-3-4-9-18-13/h6-7,13,18H,3-5,8-10H2,1-2H3. The van der Waals surface area contributed by atoms with Crippen LogP contribution in [0.1, 0.15) is 57.5 Å². The molecule has 1 N–H and O–H groups in total. The van der Waals surface area contributed by atoms with Crippen molar-refractivity contribution in [1.82, 2.24) is 10.2 Å². The fourth-order valence-electron chi connectivity index (χ4n) is 3.38. The summed E-state index contributed by atoms with van der Waals surface area (Å²) in [7, 11) is 0. The predicted molar refractivity (Wildman–Crippen MR) is 81.5 cm³/mol. The zero-order valence-electron chi connectivity index (χ0n) is 12.7. The fourth-order valence-corrected chi connectivity index (χ4v) is 3.38. The summed E-state index contributed by atoms with van der Waals surface area (Å²) in [5.41, 5.74) is 3.01. The molecule has 0 spiro atoms. The van der Waals surface area contributed by atoms with Gasteiger partial charge in [-0.3, -0.25) is 14.5 Å². The second-order valence-electron chi connectivity index (χ2n) is 6.15. The fraction of sp³-hybridized carbons (Fsp3) is 0.529. The monoisotopic (exact) mass is 286 g/mol. The van der Waals surface area contributed by atoms with E-state index in [1.807, 2.05) is 26.0 Å². The molecule has 4 heteroatoms. The largest absolute Gasteiger partial charge is 0.314 e. The molecule has 0 aromatic heterocycles. The Morgan fingerprint density at radius 2 is 1.71 bits per heavy atom. The number of nitrogens with zero attached hydrogens (tertiary/aromatic N) is 1. The summed E-state index contributed by atoms with van der Waals surface area (Å²) in [5, 5.41) is 3.47. The normalized spacial score (nSPS) is 21.8. The Kier molecular flexibility index (Phi) is 3.81. The molecule has 2 heterocycles. The number of piperidine rings is 1. The highest BCUT2D eigenvalue weighted by Gasteiger charge is 2.37. The second-order valence-corrected chi connectivity index (χ2v) is 6.15. The molecule has 1 aromatic carbocycles. The van der Waals surface area contributed by atoms with Gasteiger partial charge in [-0.15, -0.1) is 0 Å². The highest BCUT2D eigenvalue weighted by molar-refractivity contribution is 6.22. The van der Waals surface area contributed by atoms with Gasteiger partial charge >= 0.3 is 0 Å². The van der Waals surface area contributed by atoms with Crippen molar-refractivity contribution >= 4 is 11.8 Å². The third-order valence-electron chi connectivity index (χ3n) is 4.65. The van der Waals surface area contributed by atoms with E-state index in [1.54, 1.807) is 0 Å². The minimum absolute atomic E-state index is 0.119. The van der Waals surface area contributed by atoms with Crippen molar-refractivity contribution in [2.24, 2.45) is 0 Å². The van der Waals surface area contributed by atoms with Crippen molar-refractivity contribution in [2.45, 2.75) is 45.6 Å². The maximum atomic E-state index is 12.5. The average molecular weight is 286 g/mol. The lowest BCUT2D eigenvalue weighted by molar-refractivity contribution is 0.0646. The first-order valence-corrected chi connectivity index (χ1v) is 7.79. The van der Waals surface area contributed by atoms with E-state index >= 15 is 0 Å². The van der Waals surface area contributed by atoms with Gasteiger partial charge in [-0.1, -0.05) is 18.6 Å². The molecule has 0 bridgehead atoms. The van der Waals surface area contributed by atoms with Gasteiger partial charge in [0, 0.05) is 12.6 Å². The zero-order valence-corrected chi connectivity index (χ0v) is 12.7. The number of carbonyl (C=O) groups excluding carboxylic acids is 2. The Hall–Kier alpha value is -1.68. The summed E-state index contributed by atoms with van der Waals surface area (Å²) in [6.45, 7) is 5.36. The summed E-state index contributed by atoms with van der Waals surface area (Å²) < 4.78 is 0. The number of carbonyl (C=O) groups is 2. The SMILES string of the molecule is Cc1ccc(C)c2c1C(=O)N(CCC1CCCCN1)C2=O. The van der Waals surface area contributed by atoms with E-state index in [2.05, 4.69) is 5.32 Å². The number of imide groups is 1. The zero-order chi connectivity index (χ0) is 15.0. The van der Waals surface area contributed by atoms with E-state index in [-0.39, 0.29) is 11.8 Å². The highest BCUT2D eigenvalue weighted by atomic mass is 16.2. The molecule has 2 aliphatic heterocycles. The highest BCUT2D eigenvalue weighted by Crippen LogP contribution is 2.29. The molecule has 1 saturated heterocycles. The first-order valence-electron chi connectivity index (χ1n) is 7.79. The van der Waals surface area contributed by atoms with Gasteiger partial charge in [0.1, 0.15) is 0 Å². The first kappa shape index (κ1) is 14.3. The van der Waals surface area contributed by atoms with Crippen LogP contribution in [0.4, 0.5) is 0 Å². The second kappa shape index (κ2) is 5.60. The summed E-state index contributed by atoms with van der Waals surface area (Å²) in [5.74, 6) is -0.237. The molecule has 112 valence electrons. The maximum Gasteiger partial charge on any atom is 0.261 e. The van der Waals surface area contributed by atoms with E-state index in [9.17, 15) is 9.59 Å². The topological polar surface area (TPSA) is 49.4 Å². The van der Waals surface area contributed by atoms with Crippen LogP contribution < -0.4 is 5.32 Å². The van der Waals surface area contributed by atoms with Crippen LogP contribution in [0.3, 0.4) is 0 Å². The Labute approximate surface area is 125 Å². The van der Waals surface area contributed by atoms with Crippen molar-refractivity contribution < 1.29 is 9.59 Å².